The second-order valence-electron chi connectivity index (χ2n) is 4.51. The van der Waals surface area contributed by atoms with Gasteiger partial charge in [0, 0.05) is 18.5 Å². The van der Waals surface area contributed by atoms with E-state index < -0.39 is 0 Å². The Morgan fingerprint density at radius 1 is 1.57 bits per heavy atom. The summed E-state index contributed by atoms with van der Waals surface area (Å²) in [5, 5.41) is 11.7. The van der Waals surface area contributed by atoms with Crippen molar-refractivity contribution in [2.45, 2.75) is 19.4 Å². The predicted molar refractivity (Wildman–Crippen MR) is 80.0 cm³/mol. The zero-order valence-corrected chi connectivity index (χ0v) is 11.7. The summed E-state index contributed by atoms with van der Waals surface area (Å²) in [4.78, 5) is 19.1. The smallest absolute Gasteiger partial charge is 0.244 e. The Hall–Kier alpha value is -2.87. The van der Waals surface area contributed by atoms with Crippen LogP contribution in [0.1, 0.15) is 36.3 Å². The maximum Gasteiger partial charge on any atom is 0.244 e. The molecule has 0 aliphatic heterocycles. The molecule has 1 amide bonds. The van der Waals surface area contributed by atoms with Crippen LogP contribution in [-0.4, -0.2) is 15.9 Å². The molecule has 1 aromatic carbocycles. The summed E-state index contributed by atoms with van der Waals surface area (Å²) in [6.45, 7) is 1.98. The van der Waals surface area contributed by atoms with Gasteiger partial charge in [0.2, 0.25) is 5.91 Å². The number of H-pyrrole nitrogens is 1. The molecule has 0 saturated carbocycles. The van der Waals surface area contributed by atoms with Gasteiger partial charge in [0.25, 0.3) is 0 Å². The number of carbonyl (C=O) groups excluding carboxylic acids is 1. The molecular formula is C16H16N4O. The number of carbonyl (C=O) groups is 1. The third-order valence-electron chi connectivity index (χ3n) is 3.02. The zero-order chi connectivity index (χ0) is 15.1. The van der Waals surface area contributed by atoms with Crippen molar-refractivity contribution in [1.29, 1.82) is 5.26 Å². The van der Waals surface area contributed by atoms with Crippen molar-refractivity contribution in [3.05, 3.63) is 59.7 Å². The van der Waals surface area contributed by atoms with Crippen molar-refractivity contribution >= 4 is 12.0 Å². The number of hydrogen-bond acceptors (Lipinski definition) is 3. The summed E-state index contributed by atoms with van der Waals surface area (Å²) >= 11 is 0. The van der Waals surface area contributed by atoms with Crippen molar-refractivity contribution < 1.29 is 4.79 Å². The first-order chi connectivity index (χ1) is 10.2. The average molecular weight is 280 g/mol. The number of rotatable bonds is 5. The first kappa shape index (κ1) is 14.5. The quantitative estimate of drug-likeness (QED) is 0.826. The molecule has 2 N–H and O–H groups in total. The lowest BCUT2D eigenvalue weighted by Crippen LogP contribution is -2.27. The second kappa shape index (κ2) is 7.06. The summed E-state index contributed by atoms with van der Waals surface area (Å²) in [6, 6.07) is 9.01. The predicted octanol–water partition coefficient (Wildman–Crippen LogP) is 2.56. The molecule has 2 rings (SSSR count). The van der Waals surface area contributed by atoms with Crippen LogP contribution in [0.25, 0.3) is 6.08 Å². The van der Waals surface area contributed by atoms with Gasteiger partial charge in [0.15, 0.2) is 0 Å². The van der Waals surface area contributed by atoms with Gasteiger partial charge >= 0.3 is 0 Å². The SMILES string of the molecule is CCC(NC(=O)/C=C/c1cccc(C#N)c1)c1ncc[nH]1. The molecule has 0 aliphatic carbocycles. The Morgan fingerprint density at radius 2 is 2.43 bits per heavy atom. The van der Waals surface area contributed by atoms with Crippen LogP contribution in [0.4, 0.5) is 0 Å². The van der Waals surface area contributed by atoms with Gasteiger partial charge in [-0.3, -0.25) is 4.79 Å². The summed E-state index contributed by atoms with van der Waals surface area (Å²) in [6.07, 6.45) is 7.28. The average Bonchev–Trinajstić information content (AvgIpc) is 3.05. The van der Waals surface area contributed by atoms with E-state index in [9.17, 15) is 4.79 Å². The molecule has 1 aromatic heterocycles. The molecule has 5 nitrogen and oxygen atoms in total. The lowest BCUT2D eigenvalue weighted by atomic mass is 10.1. The Morgan fingerprint density at radius 3 is 3.10 bits per heavy atom. The number of aromatic nitrogens is 2. The molecule has 1 heterocycles. The highest BCUT2D eigenvalue weighted by atomic mass is 16.1. The van der Waals surface area contributed by atoms with E-state index in [1.165, 1.54) is 6.08 Å². The first-order valence-electron chi connectivity index (χ1n) is 6.71. The first-order valence-corrected chi connectivity index (χ1v) is 6.71. The fraction of sp³-hybridized carbons (Fsp3) is 0.188. The van der Waals surface area contributed by atoms with Crippen molar-refractivity contribution in [2.75, 3.05) is 0 Å². The highest BCUT2D eigenvalue weighted by Gasteiger charge is 2.12. The molecule has 0 fully saturated rings. The Balaban J connectivity index is 2.00. The van der Waals surface area contributed by atoms with E-state index in [0.717, 1.165) is 17.8 Å². The summed E-state index contributed by atoms with van der Waals surface area (Å²) in [7, 11) is 0. The topological polar surface area (TPSA) is 81.6 Å². The largest absolute Gasteiger partial charge is 0.347 e. The van der Waals surface area contributed by atoms with Crippen LogP contribution in [0, 0.1) is 11.3 Å². The van der Waals surface area contributed by atoms with Crippen molar-refractivity contribution in [3.63, 3.8) is 0 Å². The lowest BCUT2D eigenvalue weighted by molar-refractivity contribution is -0.117. The van der Waals surface area contributed by atoms with Crippen LogP contribution in [0.3, 0.4) is 0 Å². The Bertz CT molecular complexity index is 668. The number of amides is 1. The number of nitrogens with zero attached hydrogens (tertiary/aromatic N) is 2. The number of hydrogen-bond donors (Lipinski definition) is 2. The van der Waals surface area contributed by atoms with Gasteiger partial charge in [0.05, 0.1) is 17.7 Å². The maximum absolute atomic E-state index is 11.9. The van der Waals surface area contributed by atoms with Crippen LogP contribution < -0.4 is 5.32 Å². The molecule has 106 valence electrons. The van der Waals surface area contributed by atoms with Crippen LogP contribution in [0.5, 0.6) is 0 Å². The lowest BCUT2D eigenvalue weighted by Gasteiger charge is -2.12. The fourth-order valence-electron chi connectivity index (χ4n) is 1.94. The molecule has 1 atom stereocenters. The van der Waals surface area contributed by atoms with Crippen LogP contribution in [0.2, 0.25) is 0 Å². The van der Waals surface area contributed by atoms with E-state index in [1.807, 2.05) is 13.0 Å². The monoisotopic (exact) mass is 280 g/mol. The molecule has 1 unspecified atom stereocenters. The Labute approximate surface area is 123 Å². The third kappa shape index (κ3) is 4.05. The van der Waals surface area contributed by atoms with Crippen molar-refractivity contribution in [3.8, 4) is 6.07 Å². The van der Waals surface area contributed by atoms with E-state index in [0.29, 0.717) is 5.56 Å². The normalized spacial score (nSPS) is 12.0. The molecular weight excluding hydrogens is 264 g/mol. The summed E-state index contributed by atoms with van der Waals surface area (Å²) in [5.41, 5.74) is 1.38. The second-order valence-corrected chi connectivity index (χ2v) is 4.51. The third-order valence-corrected chi connectivity index (χ3v) is 3.02. The molecule has 0 spiro atoms. The molecule has 21 heavy (non-hydrogen) atoms. The van der Waals surface area contributed by atoms with E-state index in [4.69, 9.17) is 5.26 Å². The van der Waals surface area contributed by atoms with Crippen molar-refractivity contribution in [2.24, 2.45) is 0 Å². The van der Waals surface area contributed by atoms with E-state index in [-0.39, 0.29) is 11.9 Å². The number of imidazole rings is 1. The molecule has 0 bridgehead atoms. The van der Waals surface area contributed by atoms with Crippen LogP contribution >= 0.6 is 0 Å². The number of benzene rings is 1. The summed E-state index contributed by atoms with van der Waals surface area (Å²) in [5.74, 6) is 0.548. The van der Waals surface area contributed by atoms with Crippen LogP contribution in [-0.2, 0) is 4.79 Å². The van der Waals surface area contributed by atoms with E-state index in [2.05, 4.69) is 21.4 Å². The summed E-state index contributed by atoms with van der Waals surface area (Å²) < 4.78 is 0. The maximum atomic E-state index is 11.9. The fourth-order valence-corrected chi connectivity index (χ4v) is 1.94. The standard InChI is InChI=1S/C16H16N4O/c1-2-14(16-18-8-9-19-16)20-15(21)7-6-12-4-3-5-13(10-12)11-17/h3-10,14H,2H2,1H3,(H,18,19)(H,20,21)/b7-6+. The Kier molecular flexibility index (Phi) is 4.89. The van der Waals surface area contributed by atoms with Gasteiger partial charge in [-0.05, 0) is 30.2 Å². The molecule has 2 aromatic rings. The van der Waals surface area contributed by atoms with Crippen molar-refractivity contribution in [1.82, 2.24) is 15.3 Å². The van der Waals surface area contributed by atoms with E-state index in [1.54, 1.807) is 36.7 Å². The molecule has 5 heteroatoms. The minimum atomic E-state index is -0.194. The van der Waals surface area contributed by atoms with Gasteiger partial charge in [-0.2, -0.15) is 5.26 Å². The van der Waals surface area contributed by atoms with Crippen LogP contribution in [0.15, 0.2) is 42.7 Å². The highest BCUT2D eigenvalue weighted by molar-refractivity contribution is 5.91. The number of nitrogens with one attached hydrogen (secondary N) is 2. The molecule has 0 aliphatic rings. The number of aromatic amines is 1. The van der Waals surface area contributed by atoms with Gasteiger partial charge in [-0.25, -0.2) is 4.98 Å². The van der Waals surface area contributed by atoms with Gasteiger partial charge in [0.1, 0.15) is 5.82 Å². The highest BCUT2D eigenvalue weighted by Crippen LogP contribution is 2.11. The van der Waals surface area contributed by atoms with Gasteiger partial charge in [-0.15, -0.1) is 0 Å². The van der Waals surface area contributed by atoms with E-state index >= 15 is 0 Å². The molecule has 0 radical (unpaired) electrons. The minimum Gasteiger partial charge on any atom is -0.347 e. The van der Waals surface area contributed by atoms with Gasteiger partial charge in [-0.1, -0.05) is 19.1 Å². The van der Waals surface area contributed by atoms with Gasteiger partial charge < -0.3 is 10.3 Å². The zero-order valence-electron chi connectivity index (χ0n) is 11.7. The number of nitriles is 1. The molecule has 0 saturated heterocycles. The minimum absolute atomic E-state index is 0.136.